The average molecular weight is 380 g/mol. The number of aliphatic imine (C=N–C) groups is 1. The van der Waals surface area contributed by atoms with Crippen LogP contribution in [0.2, 0.25) is 0 Å². The second kappa shape index (κ2) is 11.6. The summed E-state index contributed by atoms with van der Waals surface area (Å²) in [5.74, 6) is 1.55. The van der Waals surface area contributed by atoms with Crippen molar-refractivity contribution in [2.24, 2.45) is 10.9 Å². The number of guanidine groups is 1. The lowest BCUT2D eigenvalue weighted by Crippen LogP contribution is -2.46. The first kappa shape index (κ1) is 21.2. The van der Waals surface area contributed by atoms with Crippen LogP contribution < -0.4 is 10.6 Å². The van der Waals surface area contributed by atoms with Gasteiger partial charge in [-0.15, -0.1) is 11.3 Å². The Morgan fingerprint density at radius 3 is 2.85 bits per heavy atom. The molecule has 0 saturated carbocycles. The van der Waals surface area contributed by atoms with E-state index in [9.17, 15) is 0 Å². The van der Waals surface area contributed by atoms with Gasteiger partial charge in [0, 0.05) is 37.6 Å². The lowest BCUT2D eigenvalue weighted by atomic mass is 9.88. The molecule has 0 spiro atoms. The molecule has 2 rings (SSSR count). The summed E-state index contributed by atoms with van der Waals surface area (Å²) in [7, 11) is 4.12. The Bertz CT molecular complexity index is 516. The van der Waals surface area contributed by atoms with E-state index in [1.165, 1.54) is 37.2 Å². The van der Waals surface area contributed by atoms with E-state index in [0.29, 0.717) is 12.0 Å². The number of likely N-dealkylation sites (N-methyl/N-ethyl adjacent to an activating group) is 1. The summed E-state index contributed by atoms with van der Waals surface area (Å²) < 4.78 is 0. The summed E-state index contributed by atoms with van der Waals surface area (Å²) in [6.07, 6.45) is 3.76. The molecule has 0 aliphatic carbocycles. The van der Waals surface area contributed by atoms with E-state index in [1.54, 1.807) is 0 Å². The summed E-state index contributed by atoms with van der Waals surface area (Å²) in [5.41, 5.74) is 0. The van der Waals surface area contributed by atoms with Gasteiger partial charge in [-0.25, -0.2) is 0 Å². The van der Waals surface area contributed by atoms with Crippen molar-refractivity contribution >= 4 is 17.3 Å². The van der Waals surface area contributed by atoms with Crippen molar-refractivity contribution in [2.45, 2.75) is 39.2 Å². The molecule has 26 heavy (non-hydrogen) atoms. The number of likely N-dealkylation sites (tertiary alicyclic amines) is 1. The highest BCUT2D eigenvalue weighted by Gasteiger charge is 2.31. The van der Waals surface area contributed by atoms with Crippen LogP contribution in [0.4, 0.5) is 0 Å². The molecule has 2 atom stereocenters. The van der Waals surface area contributed by atoms with Gasteiger partial charge in [-0.2, -0.15) is 0 Å². The minimum absolute atomic E-state index is 0.523. The molecule has 0 amide bonds. The first-order chi connectivity index (χ1) is 12.7. The van der Waals surface area contributed by atoms with Crippen molar-refractivity contribution < 1.29 is 0 Å². The second-order valence-electron chi connectivity index (χ2n) is 7.16. The fourth-order valence-electron chi connectivity index (χ4n) is 3.91. The second-order valence-corrected chi connectivity index (χ2v) is 8.14. The predicted molar refractivity (Wildman–Crippen MR) is 114 cm³/mol. The normalized spacial score (nSPS) is 22.0. The zero-order valence-corrected chi connectivity index (χ0v) is 17.8. The van der Waals surface area contributed by atoms with Crippen LogP contribution in [0.5, 0.6) is 0 Å². The number of thiophene rings is 1. The molecule has 6 heteroatoms. The minimum Gasteiger partial charge on any atom is -0.356 e. The summed E-state index contributed by atoms with van der Waals surface area (Å²) in [5, 5.41) is 9.25. The van der Waals surface area contributed by atoms with Gasteiger partial charge in [0.15, 0.2) is 5.96 Å². The highest BCUT2D eigenvalue weighted by Crippen LogP contribution is 2.36. The third kappa shape index (κ3) is 6.25. The SMILES string of the molecule is CCCN(CC)CCNC(=NC)NCC1CCCN(C)C1c1cccs1. The lowest BCUT2D eigenvalue weighted by Gasteiger charge is -2.39. The van der Waals surface area contributed by atoms with Crippen molar-refractivity contribution in [1.82, 2.24) is 20.4 Å². The van der Waals surface area contributed by atoms with Gasteiger partial charge < -0.3 is 15.5 Å². The molecular weight excluding hydrogens is 342 g/mol. The van der Waals surface area contributed by atoms with Crippen LogP contribution in [0.1, 0.15) is 44.0 Å². The Hall–Kier alpha value is -1.11. The highest BCUT2D eigenvalue weighted by molar-refractivity contribution is 7.10. The van der Waals surface area contributed by atoms with Crippen molar-refractivity contribution in [1.29, 1.82) is 0 Å². The molecule has 1 aromatic heterocycles. The molecule has 0 radical (unpaired) electrons. The number of nitrogens with one attached hydrogen (secondary N) is 2. The zero-order chi connectivity index (χ0) is 18.8. The van der Waals surface area contributed by atoms with Crippen LogP contribution in [0.3, 0.4) is 0 Å². The molecule has 1 aromatic rings. The molecule has 1 aliphatic heterocycles. The van der Waals surface area contributed by atoms with E-state index >= 15 is 0 Å². The number of rotatable bonds is 9. The average Bonchev–Trinajstić information content (AvgIpc) is 3.17. The van der Waals surface area contributed by atoms with Gasteiger partial charge in [0.25, 0.3) is 0 Å². The Morgan fingerprint density at radius 1 is 1.35 bits per heavy atom. The van der Waals surface area contributed by atoms with E-state index in [4.69, 9.17) is 0 Å². The van der Waals surface area contributed by atoms with E-state index in [0.717, 1.165) is 32.1 Å². The van der Waals surface area contributed by atoms with Crippen LogP contribution >= 0.6 is 11.3 Å². The van der Waals surface area contributed by atoms with E-state index < -0.39 is 0 Å². The fraction of sp³-hybridized carbons (Fsp3) is 0.750. The van der Waals surface area contributed by atoms with Crippen LogP contribution in [0.15, 0.2) is 22.5 Å². The quantitative estimate of drug-likeness (QED) is 0.511. The van der Waals surface area contributed by atoms with Crippen molar-refractivity contribution in [3.8, 4) is 0 Å². The van der Waals surface area contributed by atoms with Crippen molar-refractivity contribution in [2.75, 3.05) is 53.4 Å². The molecular formula is C20H37N5S. The summed E-state index contributed by atoms with van der Waals surface area (Å²) >= 11 is 1.88. The Morgan fingerprint density at radius 2 is 2.19 bits per heavy atom. The fourth-order valence-corrected chi connectivity index (χ4v) is 4.89. The summed E-state index contributed by atoms with van der Waals surface area (Å²) in [6, 6.07) is 4.97. The maximum Gasteiger partial charge on any atom is 0.191 e. The molecule has 0 bridgehead atoms. The number of hydrogen-bond acceptors (Lipinski definition) is 4. The van der Waals surface area contributed by atoms with Gasteiger partial charge in [0.1, 0.15) is 0 Å². The Kier molecular flexibility index (Phi) is 9.43. The number of piperidine rings is 1. The van der Waals surface area contributed by atoms with Gasteiger partial charge in [0.05, 0.1) is 0 Å². The number of hydrogen-bond donors (Lipinski definition) is 2. The summed E-state index contributed by atoms with van der Waals surface area (Å²) in [4.78, 5) is 10.9. The zero-order valence-electron chi connectivity index (χ0n) is 17.0. The molecule has 2 heterocycles. The third-order valence-corrected chi connectivity index (χ3v) is 6.25. The third-order valence-electron chi connectivity index (χ3n) is 5.30. The van der Waals surface area contributed by atoms with Gasteiger partial charge in [-0.05, 0) is 63.3 Å². The molecule has 148 valence electrons. The topological polar surface area (TPSA) is 42.9 Å². The highest BCUT2D eigenvalue weighted by atomic mass is 32.1. The largest absolute Gasteiger partial charge is 0.356 e. The maximum absolute atomic E-state index is 4.41. The van der Waals surface area contributed by atoms with Crippen molar-refractivity contribution in [3.05, 3.63) is 22.4 Å². The molecule has 1 aliphatic rings. The van der Waals surface area contributed by atoms with E-state index in [1.807, 2.05) is 18.4 Å². The lowest BCUT2D eigenvalue weighted by molar-refractivity contribution is 0.125. The summed E-state index contributed by atoms with van der Waals surface area (Å²) in [6.45, 7) is 10.9. The van der Waals surface area contributed by atoms with Crippen LogP contribution in [-0.4, -0.2) is 69.1 Å². The van der Waals surface area contributed by atoms with Gasteiger partial charge in [0.2, 0.25) is 0 Å². The van der Waals surface area contributed by atoms with Gasteiger partial charge in [-0.3, -0.25) is 9.89 Å². The van der Waals surface area contributed by atoms with Crippen LogP contribution in [0, 0.1) is 5.92 Å². The van der Waals surface area contributed by atoms with Gasteiger partial charge in [-0.1, -0.05) is 19.9 Å². The van der Waals surface area contributed by atoms with E-state index in [-0.39, 0.29) is 0 Å². The standard InChI is InChI=1S/C20H37N5S/c1-5-12-25(6-2)14-11-22-20(21-3)23-16-17-9-7-13-24(4)19(17)18-10-8-15-26-18/h8,10,15,17,19H,5-7,9,11-14,16H2,1-4H3,(H2,21,22,23). The van der Waals surface area contributed by atoms with Gasteiger partial charge >= 0.3 is 0 Å². The first-order valence-electron chi connectivity index (χ1n) is 10.1. The molecule has 1 saturated heterocycles. The minimum atomic E-state index is 0.523. The predicted octanol–water partition coefficient (Wildman–Crippen LogP) is 3.03. The molecule has 5 nitrogen and oxygen atoms in total. The van der Waals surface area contributed by atoms with Crippen LogP contribution in [0.25, 0.3) is 0 Å². The van der Waals surface area contributed by atoms with Crippen LogP contribution in [-0.2, 0) is 0 Å². The molecule has 1 fully saturated rings. The van der Waals surface area contributed by atoms with E-state index in [2.05, 4.69) is 63.8 Å². The molecule has 2 N–H and O–H groups in total. The Labute approximate surface area is 163 Å². The monoisotopic (exact) mass is 379 g/mol. The molecule has 2 unspecified atom stereocenters. The smallest absolute Gasteiger partial charge is 0.191 e. The Balaban J connectivity index is 1.82. The molecule has 0 aromatic carbocycles. The maximum atomic E-state index is 4.41. The number of nitrogens with zero attached hydrogens (tertiary/aromatic N) is 3. The first-order valence-corrected chi connectivity index (χ1v) is 11.0. The van der Waals surface area contributed by atoms with Crippen molar-refractivity contribution in [3.63, 3.8) is 0 Å².